The highest BCUT2D eigenvalue weighted by Gasteiger charge is 2.60. The molecule has 0 bridgehead atoms. The highest BCUT2D eigenvalue weighted by molar-refractivity contribution is 7.91. The predicted molar refractivity (Wildman–Crippen MR) is 99.9 cm³/mol. The van der Waals surface area contributed by atoms with Gasteiger partial charge in [-0.05, 0) is 12.1 Å². The number of sulfone groups is 1. The molecule has 34 heavy (non-hydrogen) atoms. The molecule has 16 heteroatoms. The topological polar surface area (TPSA) is 81.6 Å². The zero-order chi connectivity index (χ0) is 25.3. The molecule has 0 saturated carbocycles. The van der Waals surface area contributed by atoms with E-state index in [-0.39, 0.29) is 5.69 Å². The number of imidazole rings is 1. The second-order valence-corrected chi connectivity index (χ2v) is 9.28. The molecule has 4 heterocycles. The SMILES string of the molecule is CCS(=O)(=O)c1c(-c2cn3cnc(C(F)(F)C(F)(F)F)cc3n2)nn2ccc(C(F)(F)F)cc12. The average molecular weight is 513 g/mol. The lowest BCUT2D eigenvalue weighted by Gasteiger charge is -2.18. The van der Waals surface area contributed by atoms with Gasteiger partial charge in [-0.2, -0.15) is 40.2 Å². The molecular weight excluding hydrogens is 502 g/mol. The van der Waals surface area contributed by atoms with Crippen LogP contribution in [-0.4, -0.2) is 44.3 Å². The van der Waals surface area contributed by atoms with Crippen LogP contribution in [-0.2, 0) is 21.9 Å². The van der Waals surface area contributed by atoms with Gasteiger partial charge in [-0.15, -0.1) is 0 Å². The van der Waals surface area contributed by atoms with Crippen LogP contribution < -0.4 is 0 Å². The van der Waals surface area contributed by atoms with Crippen molar-refractivity contribution in [3.8, 4) is 11.4 Å². The highest BCUT2D eigenvalue weighted by Crippen LogP contribution is 2.43. The maximum Gasteiger partial charge on any atom is 0.459 e. The van der Waals surface area contributed by atoms with E-state index < -0.39 is 66.9 Å². The smallest absolute Gasteiger partial charge is 0.290 e. The minimum Gasteiger partial charge on any atom is -0.290 e. The number of hydrogen-bond donors (Lipinski definition) is 0. The summed E-state index contributed by atoms with van der Waals surface area (Å²) in [4.78, 5) is 6.38. The Morgan fingerprint density at radius 3 is 2.29 bits per heavy atom. The fraction of sp³-hybridized carbons (Fsp3) is 0.278. The summed E-state index contributed by atoms with van der Waals surface area (Å²) in [5, 5.41) is 3.97. The number of rotatable bonds is 4. The number of nitrogens with zero attached hydrogens (tertiary/aromatic N) is 5. The molecule has 7 nitrogen and oxygen atoms in total. The zero-order valence-electron chi connectivity index (χ0n) is 16.7. The standard InChI is InChI=1S/C18H11F8N5O2S/c1-2-34(32,33)15-11-5-9(17(21,22)23)3-4-31(11)29-14(15)10-7-30-8-27-12(6-13(30)28-10)16(19,20)18(24,25)26/h3-8H,2H2,1H3. The van der Waals surface area contributed by atoms with Crippen molar-refractivity contribution in [1.29, 1.82) is 0 Å². The van der Waals surface area contributed by atoms with Crippen LogP contribution in [0.2, 0.25) is 0 Å². The van der Waals surface area contributed by atoms with Crippen molar-refractivity contribution in [2.75, 3.05) is 5.75 Å². The number of alkyl halides is 8. The van der Waals surface area contributed by atoms with Gasteiger partial charge in [-0.1, -0.05) is 6.92 Å². The quantitative estimate of drug-likeness (QED) is 0.375. The van der Waals surface area contributed by atoms with E-state index in [1.54, 1.807) is 0 Å². The Morgan fingerprint density at radius 2 is 1.71 bits per heavy atom. The van der Waals surface area contributed by atoms with E-state index in [0.717, 1.165) is 21.3 Å². The van der Waals surface area contributed by atoms with Crippen LogP contribution in [0.5, 0.6) is 0 Å². The molecule has 0 atom stereocenters. The third kappa shape index (κ3) is 3.74. The predicted octanol–water partition coefficient (Wildman–Crippen LogP) is 4.51. The molecule has 4 aromatic rings. The molecule has 4 aromatic heterocycles. The normalized spacial score (nSPS) is 13.8. The van der Waals surface area contributed by atoms with Gasteiger partial charge in [-0.25, -0.2) is 22.9 Å². The summed E-state index contributed by atoms with van der Waals surface area (Å²) in [6.07, 6.45) is -8.15. The summed E-state index contributed by atoms with van der Waals surface area (Å²) < 4.78 is 132. The van der Waals surface area contributed by atoms with Crippen molar-refractivity contribution in [3.05, 3.63) is 48.2 Å². The molecule has 0 aromatic carbocycles. The molecule has 0 spiro atoms. The van der Waals surface area contributed by atoms with E-state index in [1.165, 1.54) is 6.92 Å². The molecule has 0 N–H and O–H groups in total. The molecule has 0 fully saturated rings. The molecule has 4 rings (SSSR count). The lowest BCUT2D eigenvalue weighted by Crippen LogP contribution is -2.34. The number of aromatic nitrogens is 5. The van der Waals surface area contributed by atoms with Crippen molar-refractivity contribution in [2.24, 2.45) is 0 Å². The summed E-state index contributed by atoms with van der Waals surface area (Å²) in [5.41, 5.74) is -4.34. The van der Waals surface area contributed by atoms with E-state index >= 15 is 0 Å². The Kier molecular flexibility index (Phi) is 5.15. The van der Waals surface area contributed by atoms with Crippen molar-refractivity contribution < 1.29 is 43.5 Å². The maximum absolute atomic E-state index is 13.6. The number of hydrogen-bond acceptors (Lipinski definition) is 5. The van der Waals surface area contributed by atoms with Crippen LogP contribution >= 0.6 is 0 Å². The van der Waals surface area contributed by atoms with Gasteiger partial charge >= 0.3 is 18.3 Å². The number of halogens is 8. The van der Waals surface area contributed by atoms with Crippen LogP contribution in [0.15, 0.2) is 41.8 Å². The molecule has 0 aliphatic rings. The second kappa shape index (κ2) is 7.35. The lowest BCUT2D eigenvalue weighted by atomic mass is 10.2. The van der Waals surface area contributed by atoms with Gasteiger partial charge in [0.2, 0.25) is 0 Å². The Hall–Kier alpha value is -3.30. The van der Waals surface area contributed by atoms with Gasteiger partial charge in [0.05, 0.1) is 16.8 Å². The van der Waals surface area contributed by atoms with E-state index in [4.69, 9.17) is 0 Å². The van der Waals surface area contributed by atoms with Crippen LogP contribution in [0.3, 0.4) is 0 Å². The minimum atomic E-state index is -5.92. The zero-order valence-corrected chi connectivity index (χ0v) is 17.5. The second-order valence-electron chi connectivity index (χ2n) is 7.06. The van der Waals surface area contributed by atoms with Crippen LogP contribution in [0.4, 0.5) is 35.1 Å². The number of fused-ring (bicyclic) bond motifs is 2. The van der Waals surface area contributed by atoms with Gasteiger partial charge in [0, 0.05) is 18.5 Å². The van der Waals surface area contributed by atoms with Crippen molar-refractivity contribution in [1.82, 2.24) is 24.0 Å². The fourth-order valence-corrected chi connectivity index (χ4v) is 4.34. The third-order valence-corrected chi connectivity index (χ3v) is 6.66. The molecule has 0 saturated heterocycles. The summed E-state index contributed by atoms with van der Waals surface area (Å²) >= 11 is 0. The van der Waals surface area contributed by atoms with E-state index in [9.17, 15) is 43.5 Å². The minimum absolute atomic E-state index is 0.293. The molecular formula is C18H11F8N5O2S. The third-order valence-electron chi connectivity index (χ3n) is 4.88. The van der Waals surface area contributed by atoms with E-state index in [2.05, 4.69) is 15.1 Å². The van der Waals surface area contributed by atoms with Crippen LogP contribution in [0.1, 0.15) is 18.2 Å². The Balaban J connectivity index is 1.96. The fourth-order valence-electron chi connectivity index (χ4n) is 3.14. The van der Waals surface area contributed by atoms with Gasteiger partial charge in [0.15, 0.2) is 9.84 Å². The monoisotopic (exact) mass is 513 g/mol. The van der Waals surface area contributed by atoms with E-state index in [1.807, 2.05) is 0 Å². The Morgan fingerprint density at radius 1 is 1.03 bits per heavy atom. The molecule has 0 aliphatic carbocycles. The Bertz CT molecular complexity index is 1520. The first-order valence-corrected chi connectivity index (χ1v) is 10.8. The first kappa shape index (κ1) is 23.8. The van der Waals surface area contributed by atoms with Gasteiger partial charge in [0.1, 0.15) is 34.0 Å². The molecule has 0 unspecified atom stereocenters. The summed E-state index contributed by atoms with van der Waals surface area (Å²) in [6.45, 7) is 1.25. The Labute approximate surface area is 184 Å². The summed E-state index contributed by atoms with van der Waals surface area (Å²) in [6, 6.07) is 1.62. The lowest BCUT2D eigenvalue weighted by molar-refractivity contribution is -0.290. The largest absolute Gasteiger partial charge is 0.459 e. The van der Waals surface area contributed by atoms with Crippen molar-refractivity contribution in [2.45, 2.75) is 30.1 Å². The van der Waals surface area contributed by atoms with Gasteiger partial charge < -0.3 is 0 Å². The number of pyridine rings is 1. The summed E-state index contributed by atoms with van der Waals surface area (Å²) in [5.74, 6) is -5.80. The maximum atomic E-state index is 13.6. The van der Waals surface area contributed by atoms with E-state index in [0.29, 0.717) is 24.5 Å². The first-order valence-electron chi connectivity index (χ1n) is 9.18. The van der Waals surface area contributed by atoms with Crippen molar-refractivity contribution in [3.63, 3.8) is 0 Å². The molecule has 0 aliphatic heterocycles. The molecule has 182 valence electrons. The summed E-state index contributed by atoms with van der Waals surface area (Å²) in [7, 11) is -4.20. The van der Waals surface area contributed by atoms with Crippen LogP contribution in [0, 0.1) is 0 Å². The van der Waals surface area contributed by atoms with Gasteiger partial charge in [-0.3, -0.25) is 4.40 Å². The average Bonchev–Trinajstić information content (AvgIpc) is 3.32. The van der Waals surface area contributed by atoms with Gasteiger partial charge in [0.25, 0.3) is 0 Å². The first-order chi connectivity index (χ1) is 15.6. The van der Waals surface area contributed by atoms with Crippen LogP contribution in [0.25, 0.3) is 22.6 Å². The highest BCUT2D eigenvalue weighted by atomic mass is 32.2. The molecule has 0 amide bonds. The van der Waals surface area contributed by atoms with Crippen molar-refractivity contribution >= 4 is 21.0 Å². The molecule has 0 radical (unpaired) electrons.